The van der Waals surface area contributed by atoms with Crippen LogP contribution in [0, 0.1) is 0 Å². The number of nitrogens with two attached hydrogens (primary N) is 1. The van der Waals surface area contributed by atoms with Crippen LogP contribution in [0.1, 0.15) is 33.5 Å². The van der Waals surface area contributed by atoms with Crippen LogP contribution in [0.2, 0.25) is 0 Å². The van der Waals surface area contributed by atoms with Gasteiger partial charge in [-0.05, 0) is 47.4 Å². The largest absolute Gasteiger partial charge is 0.352 e. The highest BCUT2D eigenvalue weighted by atomic mass is 32.2. The summed E-state index contributed by atoms with van der Waals surface area (Å²) in [5, 5.41) is 10.7. The quantitative estimate of drug-likeness (QED) is 0.463. The molecule has 7 nitrogen and oxygen atoms in total. The minimum absolute atomic E-state index is 0.0234. The number of rotatable bonds is 9. The summed E-state index contributed by atoms with van der Waals surface area (Å²) >= 11 is 0. The minimum atomic E-state index is -3.74. The zero-order valence-corrected chi connectivity index (χ0v) is 18.3. The Morgan fingerprint density at radius 3 is 1.88 bits per heavy atom. The molecule has 0 aliphatic carbocycles. The average Bonchev–Trinajstić information content (AvgIpc) is 2.80. The molecule has 0 aliphatic rings. The number of benzene rings is 3. The number of hydrogen-bond donors (Lipinski definition) is 3. The molecule has 3 rings (SSSR count). The molecule has 3 aromatic carbocycles. The van der Waals surface area contributed by atoms with Gasteiger partial charge in [-0.15, -0.1) is 0 Å². The van der Waals surface area contributed by atoms with Crippen LogP contribution in [-0.4, -0.2) is 20.2 Å². The van der Waals surface area contributed by atoms with E-state index in [-0.39, 0.29) is 23.3 Å². The second-order valence-corrected chi connectivity index (χ2v) is 8.89. The van der Waals surface area contributed by atoms with Gasteiger partial charge in [-0.25, -0.2) is 13.6 Å². The van der Waals surface area contributed by atoms with E-state index < -0.39 is 10.0 Å². The SMILES string of the molecule is NS(=O)(=O)c1ccc(CNC(=O)c2ccc(CNC(=O)CCc3ccccc3)cc2)cc1. The lowest BCUT2D eigenvalue weighted by Crippen LogP contribution is -2.24. The van der Waals surface area contributed by atoms with E-state index in [4.69, 9.17) is 5.14 Å². The van der Waals surface area contributed by atoms with Gasteiger partial charge in [0.15, 0.2) is 0 Å². The molecule has 166 valence electrons. The smallest absolute Gasteiger partial charge is 0.251 e. The van der Waals surface area contributed by atoms with E-state index in [0.717, 1.165) is 16.7 Å². The molecule has 0 fully saturated rings. The molecular formula is C24H25N3O4S. The van der Waals surface area contributed by atoms with Crippen molar-refractivity contribution in [2.45, 2.75) is 30.8 Å². The maximum Gasteiger partial charge on any atom is 0.251 e. The highest BCUT2D eigenvalue weighted by molar-refractivity contribution is 7.89. The molecule has 0 spiro atoms. The van der Waals surface area contributed by atoms with E-state index in [9.17, 15) is 18.0 Å². The Balaban J connectivity index is 1.44. The molecule has 32 heavy (non-hydrogen) atoms. The summed E-state index contributed by atoms with van der Waals surface area (Å²) in [6, 6.07) is 22.8. The molecule has 0 saturated carbocycles. The number of sulfonamides is 1. The minimum Gasteiger partial charge on any atom is -0.352 e. The van der Waals surface area contributed by atoms with E-state index in [1.807, 2.05) is 30.3 Å². The lowest BCUT2D eigenvalue weighted by atomic mass is 10.1. The van der Waals surface area contributed by atoms with Crippen LogP contribution in [0.3, 0.4) is 0 Å². The Bertz CT molecular complexity index is 1160. The van der Waals surface area contributed by atoms with Crippen LogP contribution in [0.5, 0.6) is 0 Å². The van der Waals surface area contributed by atoms with Crippen molar-refractivity contribution in [3.8, 4) is 0 Å². The van der Waals surface area contributed by atoms with Gasteiger partial charge in [-0.2, -0.15) is 0 Å². The molecule has 8 heteroatoms. The van der Waals surface area contributed by atoms with Gasteiger partial charge >= 0.3 is 0 Å². The third-order valence-corrected chi connectivity index (χ3v) is 5.82. The van der Waals surface area contributed by atoms with Crippen molar-refractivity contribution in [3.05, 3.63) is 101 Å². The number of carbonyl (C=O) groups excluding carboxylic acids is 2. The van der Waals surface area contributed by atoms with Crippen LogP contribution in [0.15, 0.2) is 83.8 Å². The van der Waals surface area contributed by atoms with Crippen molar-refractivity contribution in [2.75, 3.05) is 0 Å². The van der Waals surface area contributed by atoms with E-state index in [1.165, 1.54) is 12.1 Å². The molecule has 2 amide bonds. The van der Waals surface area contributed by atoms with Crippen molar-refractivity contribution < 1.29 is 18.0 Å². The lowest BCUT2D eigenvalue weighted by molar-refractivity contribution is -0.121. The Morgan fingerprint density at radius 2 is 1.28 bits per heavy atom. The Hall–Kier alpha value is -3.49. The van der Waals surface area contributed by atoms with E-state index in [1.54, 1.807) is 36.4 Å². The predicted octanol–water partition coefficient (Wildman–Crippen LogP) is 2.51. The van der Waals surface area contributed by atoms with Crippen LogP contribution >= 0.6 is 0 Å². The summed E-state index contributed by atoms with van der Waals surface area (Å²) in [5.41, 5.74) is 3.26. The fraction of sp³-hybridized carbons (Fsp3) is 0.167. The molecule has 0 unspecified atom stereocenters. The summed E-state index contributed by atoms with van der Waals surface area (Å²) in [6.45, 7) is 0.648. The third-order valence-electron chi connectivity index (χ3n) is 4.89. The van der Waals surface area contributed by atoms with Gasteiger partial charge in [0, 0.05) is 25.1 Å². The first-order valence-electron chi connectivity index (χ1n) is 10.1. The molecule has 0 atom stereocenters. The van der Waals surface area contributed by atoms with Gasteiger partial charge in [0.25, 0.3) is 5.91 Å². The van der Waals surface area contributed by atoms with Gasteiger partial charge < -0.3 is 10.6 Å². The summed E-state index contributed by atoms with van der Waals surface area (Å²) < 4.78 is 22.6. The van der Waals surface area contributed by atoms with Crippen molar-refractivity contribution in [2.24, 2.45) is 5.14 Å². The van der Waals surface area contributed by atoms with Crippen LogP contribution in [-0.2, 0) is 34.3 Å². The molecule has 0 saturated heterocycles. The van der Waals surface area contributed by atoms with Gasteiger partial charge in [-0.3, -0.25) is 9.59 Å². The van der Waals surface area contributed by atoms with Crippen LogP contribution in [0.25, 0.3) is 0 Å². The first-order chi connectivity index (χ1) is 15.3. The van der Waals surface area contributed by atoms with Crippen LogP contribution < -0.4 is 15.8 Å². The number of aryl methyl sites for hydroxylation is 1. The molecule has 4 N–H and O–H groups in total. The van der Waals surface area contributed by atoms with Gasteiger partial charge in [0.05, 0.1) is 4.90 Å². The fourth-order valence-corrected chi connectivity index (χ4v) is 3.56. The molecule has 0 bridgehead atoms. The van der Waals surface area contributed by atoms with Crippen LogP contribution in [0.4, 0.5) is 0 Å². The number of hydrogen-bond acceptors (Lipinski definition) is 4. The highest BCUT2D eigenvalue weighted by Crippen LogP contribution is 2.10. The summed E-state index contributed by atoms with van der Waals surface area (Å²) in [4.78, 5) is 24.4. The zero-order valence-electron chi connectivity index (χ0n) is 17.5. The normalized spacial score (nSPS) is 11.0. The van der Waals surface area contributed by atoms with Crippen molar-refractivity contribution >= 4 is 21.8 Å². The molecule has 0 aliphatic heterocycles. The number of nitrogens with one attached hydrogen (secondary N) is 2. The standard InChI is InChI=1S/C24H25N3O4S/c25-32(30,31)22-13-8-20(9-14-22)17-27-24(29)21-11-6-19(7-12-21)16-26-23(28)15-10-18-4-2-1-3-5-18/h1-9,11-14H,10,15-17H2,(H,26,28)(H,27,29)(H2,25,30,31). The monoisotopic (exact) mass is 451 g/mol. The van der Waals surface area contributed by atoms with Gasteiger partial charge in [0.1, 0.15) is 0 Å². The average molecular weight is 452 g/mol. The van der Waals surface area contributed by atoms with E-state index in [0.29, 0.717) is 24.9 Å². The van der Waals surface area contributed by atoms with E-state index >= 15 is 0 Å². The third kappa shape index (κ3) is 7.04. The van der Waals surface area contributed by atoms with Gasteiger partial charge in [-0.1, -0.05) is 54.6 Å². The number of amides is 2. The summed E-state index contributed by atoms with van der Waals surface area (Å²) in [5.74, 6) is -0.275. The van der Waals surface area contributed by atoms with Crippen molar-refractivity contribution in [1.82, 2.24) is 10.6 Å². The Morgan fingerprint density at radius 1 is 0.719 bits per heavy atom. The highest BCUT2D eigenvalue weighted by Gasteiger charge is 2.09. The van der Waals surface area contributed by atoms with E-state index in [2.05, 4.69) is 10.6 Å². The first-order valence-corrected chi connectivity index (χ1v) is 11.7. The molecule has 3 aromatic rings. The fourth-order valence-electron chi connectivity index (χ4n) is 3.05. The maximum atomic E-state index is 12.3. The zero-order chi connectivity index (χ0) is 23.0. The maximum absolute atomic E-state index is 12.3. The predicted molar refractivity (Wildman–Crippen MR) is 122 cm³/mol. The summed E-state index contributed by atoms with van der Waals surface area (Å²) in [6.07, 6.45) is 1.11. The summed E-state index contributed by atoms with van der Waals surface area (Å²) in [7, 11) is -3.74. The van der Waals surface area contributed by atoms with Crippen molar-refractivity contribution in [1.29, 1.82) is 0 Å². The van der Waals surface area contributed by atoms with Gasteiger partial charge in [0.2, 0.25) is 15.9 Å². The molecule has 0 heterocycles. The second kappa shape index (κ2) is 10.7. The molecule has 0 radical (unpaired) electrons. The number of primary sulfonamides is 1. The Labute approximate surface area is 187 Å². The topological polar surface area (TPSA) is 118 Å². The second-order valence-electron chi connectivity index (χ2n) is 7.33. The lowest BCUT2D eigenvalue weighted by Gasteiger charge is -2.08. The number of carbonyl (C=O) groups is 2. The van der Waals surface area contributed by atoms with Crippen molar-refractivity contribution in [3.63, 3.8) is 0 Å². The molecular weight excluding hydrogens is 426 g/mol. The Kier molecular flexibility index (Phi) is 7.75. The molecule has 0 aromatic heterocycles. The first kappa shape index (κ1) is 23.2.